The first-order chi connectivity index (χ1) is 14.3. The highest BCUT2D eigenvalue weighted by Crippen LogP contribution is 2.37. The second-order valence-electron chi connectivity index (χ2n) is 8.89. The summed E-state index contributed by atoms with van der Waals surface area (Å²) in [5.74, 6) is 2.73. The molecule has 0 bridgehead atoms. The normalized spacial score (nSPS) is 19.2. The molecule has 0 amide bonds. The molecule has 158 valence electrons. The van der Waals surface area contributed by atoms with Gasteiger partial charge in [-0.25, -0.2) is 0 Å². The van der Waals surface area contributed by atoms with Gasteiger partial charge >= 0.3 is 0 Å². The van der Waals surface area contributed by atoms with Crippen LogP contribution in [-0.2, 0) is 0 Å². The van der Waals surface area contributed by atoms with Crippen LogP contribution in [0.2, 0.25) is 0 Å². The maximum absolute atomic E-state index is 5.92. The van der Waals surface area contributed by atoms with E-state index in [0.29, 0.717) is 0 Å². The fourth-order valence-electron chi connectivity index (χ4n) is 4.67. The zero-order valence-corrected chi connectivity index (χ0v) is 18.7. The third kappa shape index (κ3) is 6.91. The van der Waals surface area contributed by atoms with Crippen LogP contribution in [0, 0.1) is 5.92 Å². The molecule has 0 unspecified atom stereocenters. The fourth-order valence-corrected chi connectivity index (χ4v) is 4.67. The molecule has 0 radical (unpaired) electrons. The molecule has 2 aromatic rings. The zero-order chi connectivity index (χ0) is 20.3. The molecule has 1 fully saturated rings. The van der Waals surface area contributed by atoms with Gasteiger partial charge in [0.25, 0.3) is 0 Å². The van der Waals surface area contributed by atoms with Gasteiger partial charge in [-0.3, -0.25) is 0 Å². The Morgan fingerprint density at radius 3 is 1.90 bits per heavy atom. The molecule has 1 aliphatic rings. The van der Waals surface area contributed by atoms with Crippen molar-refractivity contribution in [2.24, 2.45) is 5.92 Å². The molecule has 0 spiro atoms. The van der Waals surface area contributed by atoms with E-state index < -0.39 is 0 Å². The summed E-state index contributed by atoms with van der Waals surface area (Å²) in [7, 11) is 0. The lowest BCUT2D eigenvalue weighted by molar-refractivity contribution is 0.304. The van der Waals surface area contributed by atoms with Gasteiger partial charge < -0.3 is 4.74 Å². The van der Waals surface area contributed by atoms with Gasteiger partial charge in [0.2, 0.25) is 0 Å². The van der Waals surface area contributed by atoms with Crippen molar-refractivity contribution in [3.63, 3.8) is 0 Å². The molecule has 0 aliphatic heterocycles. The molecule has 0 saturated heterocycles. The molecule has 2 aromatic carbocycles. The Labute approximate surface area is 178 Å². The van der Waals surface area contributed by atoms with Crippen LogP contribution < -0.4 is 4.74 Å². The van der Waals surface area contributed by atoms with Gasteiger partial charge in [0.1, 0.15) is 5.75 Å². The molecular weight excluding hydrogens is 352 g/mol. The molecule has 0 atom stereocenters. The van der Waals surface area contributed by atoms with Gasteiger partial charge in [-0.15, -0.1) is 0 Å². The molecule has 0 N–H and O–H groups in total. The van der Waals surface area contributed by atoms with Crippen LogP contribution in [-0.4, -0.2) is 6.61 Å². The van der Waals surface area contributed by atoms with Crippen molar-refractivity contribution in [1.29, 1.82) is 0 Å². The quantitative estimate of drug-likeness (QED) is 0.347. The van der Waals surface area contributed by atoms with Crippen molar-refractivity contribution in [3.05, 3.63) is 54.1 Å². The molecule has 1 nitrogen and oxygen atoms in total. The summed E-state index contributed by atoms with van der Waals surface area (Å²) in [5.41, 5.74) is 4.11. The Balaban J connectivity index is 1.45. The van der Waals surface area contributed by atoms with E-state index in [2.05, 4.69) is 62.4 Å². The van der Waals surface area contributed by atoms with Crippen LogP contribution in [0.5, 0.6) is 5.75 Å². The number of ether oxygens (including phenoxy) is 1. The van der Waals surface area contributed by atoms with Crippen LogP contribution in [0.15, 0.2) is 48.5 Å². The van der Waals surface area contributed by atoms with Gasteiger partial charge in [-0.1, -0.05) is 88.8 Å². The minimum absolute atomic E-state index is 0.768. The number of unbranched alkanes of at least 4 members (excludes halogenated alkanes) is 5. The lowest BCUT2D eigenvalue weighted by Crippen LogP contribution is -2.12. The summed E-state index contributed by atoms with van der Waals surface area (Å²) < 4.78 is 5.92. The smallest absolute Gasteiger partial charge is 0.119 e. The van der Waals surface area contributed by atoms with E-state index in [1.54, 1.807) is 0 Å². The second-order valence-corrected chi connectivity index (χ2v) is 8.89. The predicted molar refractivity (Wildman–Crippen MR) is 126 cm³/mol. The summed E-state index contributed by atoms with van der Waals surface area (Å²) >= 11 is 0. The van der Waals surface area contributed by atoms with Gasteiger partial charge in [-0.2, -0.15) is 0 Å². The molecule has 0 heterocycles. The monoisotopic (exact) mass is 392 g/mol. The lowest BCUT2D eigenvalue weighted by Gasteiger charge is -2.28. The Morgan fingerprint density at radius 2 is 1.28 bits per heavy atom. The minimum Gasteiger partial charge on any atom is -0.494 e. The first kappa shape index (κ1) is 21.9. The van der Waals surface area contributed by atoms with Crippen molar-refractivity contribution in [1.82, 2.24) is 0 Å². The third-order valence-electron chi connectivity index (χ3n) is 6.76. The van der Waals surface area contributed by atoms with Crippen molar-refractivity contribution in [2.45, 2.75) is 90.4 Å². The Bertz CT molecular complexity index is 677. The Morgan fingerprint density at radius 1 is 0.690 bits per heavy atom. The van der Waals surface area contributed by atoms with E-state index in [4.69, 9.17) is 4.74 Å². The summed E-state index contributed by atoms with van der Waals surface area (Å²) in [6, 6.07) is 17.9. The molecule has 3 rings (SSSR count). The highest BCUT2D eigenvalue weighted by atomic mass is 16.5. The predicted octanol–water partition coefficient (Wildman–Crippen LogP) is 8.78. The van der Waals surface area contributed by atoms with Gasteiger partial charge in [0, 0.05) is 0 Å². The van der Waals surface area contributed by atoms with Crippen molar-refractivity contribution in [2.75, 3.05) is 6.61 Å². The average Bonchev–Trinajstić information content (AvgIpc) is 2.79. The van der Waals surface area contributed by atoms with Crippen LogP contribution in [0.25, 0.3) is 11.1 Å². The summed E-state index contributed by atoms with van der Waals surface area (Å²) in [6.45, 7) is 5.44. The van der Waals surface area contributed by atoms with Crippen LogP contribution in [0.3, 0.4) is 0 Å². The largest absolute Gasteiger partial charge is 0.494 e. The maximum Gasteiger partial charge on any atom is 0.119 e. The topological polar surface area (TPSA) is 9.23 Å². The van der Waals surface area contributed by atoms with E-state index in [-0.39, 0.29) is 0 Å². The third-order valence-corrected chi connectivity index (χ3v) is 6.76. The van der Waals surface area contributed by atoms with Crippen molar-refractivity contribution < 1.29 is 4.74 Å². The van der Waals surface area contributed by atoms with E-state index >= 15 is 0 Å². The van der Waals surface area contributed by atoms with Gasteiger partial charge in [0.05, 0.1) is 6.61 Å². The number of hydrogen-bond donors (Lipinski definition) is 0. The summed E-state index contributed by atoms with van der Waals surface area (Å²) in [6.07, 6.45) is 14.7. The minimum atomic E-state index is 0.768. The van der Waals surface area contributed by atoms with Crippen LogP contribution >= 0.6 is 0 Å². The van der Waals surface area contributed by atoms with Gasteiger partial charge in [-0.05, 0) is 72.8 Å². The highest BCUT2D eigenvalue weighted by molar-refractivity contribution is 5.64. The van der Waals surface area contributed by atoms with E-state index in [1.807, 2.05) is 0 Å². The zero-order valence-electron chi connectivity index (χ0n) is 18.7. The SMILES string of the molecule is CCCCCCCCOc1ccc(-c2ccc(C3CCC(CC)CC3)cc2)cc1. The molecule has 29 heavy (non-hydrogen) atoms. The first-order valence-electron chi connectivity index (χ1n) is 12.1. The summed E-state index contributed by atoms with van der Waals surface area (Å²) in [5, 5.41) is 0. The van der Waals surface area contributed by atoms with Crippen molar-refractivity contribution >= 4 is 0 Å². The lowest BCUT2D eigenvalue weighted by atomic mass is 9.77. The van der Waals surface area contributed by atoms with E-state index in [1.165, 1.54) is 80.9 Å². The van der Waals surface area contributed by atoms with E-state index in [0.717, 1.165) is 30.6 Å². The second kappa shape index (κ2) is 12.1. The van der Waals surface area contributed by atoms with Crippen LogP contribution in [0.1, 0.15) is 96.0 Å². The van der Waals surface area contributed by atoms with E-state index in [9.17, 15) is 0 Å². The standard InChI is InChI=1S/C28H40O/c1-3-5-6-7-8-9-22-29-28-20-18-27(19-21-28)26-16-14-25(15-17-26)24-12-10-23(4-2)11-13-24/h14-21,23-24H,3-13,22H2,1-2H3. The Kier molecular flexibility index (Phi) is 9.12. The number of benzene rings is 2. The molecule has 1 saturated carbocycles. The maximum atomic E-state index is 5.92. The van der Waals surface area contributed by atoms with Gasteiger partial charge in [0.15, 0.2) is 0 Å². The first-order valence-corrected chi connectivity index (χ1v) is 12.1. The fraction of sp³-hybridized carbons (Fsp3) is 0.571. The van der Waals surface area contributed by atoms with Crippen LogP contribution in [0.4, 0.5) is 0 Å². The molecule has 0 aromatic heterocycles. The number of hydrogen-bond acceptors (Lipinski definition) is 1. The van der Waals surface area contributed by atoms with Crippen molar-refractivity contribution in [3.8, 4) is 16.9 Å². The average molecular weight is 393 g/mol. The number of rotatable bonds is 11. The summed E-state index contributed by atoms with van der Waals surface area (Å²) in [4.78, 5) is 0. The molecule has 1 heteroatoms. The molecular formula is C28H40O. The molecule has 1 aliphatic carbocycles. The highest BCUT2D eigenvalue weighted by Gasteiger charge is 2.21. The Hall–Kier alpha value is -1.76.